The minimum absolute atomic E-state index is 0.119. The number of carbonyl (C=O) groups is 3. The zero-order valence-corrected chi connectivity index (χ0v) is 42.4. The molecule has 0 N–H and O–H groups in total. The maximum atomic E-state index is 12.8. The molecule has 0 spiro atoms. The van der Waals surface area contributed by atoms with Gasteiger partial charge in [-0.05, 0) is 103 Å². The Labute approximate surface area is 405 Å². The van der Waals surface area contributed by atoms with Crippen molar-refractivity contribution in [2.45, 2.75) is 226 Å². The van der Waals surface area contributed by atoms with E-state index in [0.29, 0.717) is 19.3 Å². The molecule has 0 aliphatic heterocycles. The van der Waals surface area contributed by atoms with E-state index in [4.69, 9.17) is 14.2 Å². The van der Waals surface area contributed by atoms with Crippen LogP contribution in [-0.2, 0) is 28.6 Å². The molecule has 1 unspecified atom stereocenters. The minimum atomic E-state index is -0.826. The number of hydrogen-bond donors (Lipinski definition) is 0. The zero-order valence-electron chi connectivity index (χ0n) is 42.4. The van der Waals surface area contributed by atoms with Crippen molar-refractivity contribution in [3.05, 3.63) is 122 Å². The lowest BCUT2D eigenvalue weighted by Gasteiger charge is -2.18. The first-order valence-electron chi connectivity index (χ1n) is 26.6. The van der Waals surface area contributed by atoms with Gasteiger partial charge in [0.25, 0.3) is 0 Å². The van der Waals surface area contributed by atoms with E-state index >= 15 is 0 Å². The van der Waals surface area contributed by atoms with Crippen LogP contribution in [0.2, 0.25) is 0 Å². The summed E-state index contributed by atoms with van der Waals surface area (Å²) in [7, 11) is 0. The van der Waals surface area contributed by atoms with Crippen molar-refractivity contribution in [3.8, 4) is 0 Å². The van der Waals surface area contributed by atoms with Crippen molar-refractivity contribution in [1.82, 2.24) is 0 Å². The number of carbonyl (C=O) groups excluding carboxylic acids is 3. The van der Waals surface area contributed by atoms with Gasteiger partial charge < -0.3 is 14.2 Å². The van der Waals surface area contributed by atoms with Gasteiger partial charge in [0.05, 0.1) is 0 Å². The third kappa shape index (κ3) is 50.8. The summed E-state index contributed by atoms with van der Waals surface area (Å²) >= 11 is 0. The Morgan fingerprint density at radius 1 is 0.333 bits per heavy atom. The minimum Gasteiger partial charge on any atom is -0.462 e. The van der Waals surface area contributed by atoms with Crippen molar-refractivity contribution >= 4 is 17.9 Å². The van der Waals surface area contributed by atoms with E-state index in [9.17, 15) is 14.4 Å². The topological polar surface area (TPSA) is 78.9 Å². The summed E-state index contributed by atoms with van der Waals surface area (Å²) in [5, 5.41) is 0. The van der Waals surface area contributed by atoms with E-state index in [1.165, 1.54) is 51.4 Å². The second-order valence-electron chi connectivity index (χ2n) is 17.1. The lowest BCUT2D eigenvalue weighted by molar-refractivity contribution is -0.167. The quantitative estimate of drug-likeness (QED) is 0.0199. The lowest BCUT2D eigenvalue weighted by Crippen LogP contribution is -2.30. The van der Waals surface area contributed by atoms with Gasteiger partial charge in [-0.3, -0.25) is 14.4 Å². The first-order valence-corrected chi connectivity index (χ1v) is 26.6. The van der Waals surface area contributed by atoms with Crippen LogP contribution in [-0.4, -0.2) is 37.2 Å². The molecule has 0 aliphatic carbocycles. The van der Waals surface area contributed by atoms with Crippen LogP contribution in [0.4, 0.5) is 0 Å². The van der Waals surface area contributed by atoms with Crippen LogP contribution in [0.25, 0.3) is 0 Å². The van der Waals surface area contributed by atoms with Gasteiger partial charge in [-0.1, -0.05) is 219 Å². The highest BCUT2D eigenvalue weighted by molar-refractivity contribution is 5.71. The molecule has 1 atom stereocenters. The van der Waals surface area contributed by atoms with Crippen LogP contribution in [0, 0.1) is 0 Å². The molecular weight excluding hydrogens is 817 g/mol. The first-order chi connectivity index (χ1) is 32.5. The van der Waals surface area contributed by atoms with Gasteiger partial charge in [-0.15, -0.1) is 0 Å². The van der Waals surface area contributed by atoms with Gasteiger partial charge in [-0.2, -0.15) is 0 Å². The van der Waals surface area contributed by atoms with Crippen LogP contribution in [0.5, 0.6) is 0 Å². The molecule has 0 radical (unpaired) electrons. The largest absolute Gasteiger partial charge is 0.462 e. The highest BCUT2D eigenvalue weighted by Gasteiger charge is 2.19. The molecule has 0 heterocycles. The number of rotatable bonds is 46. The normalized spacial score (nSPS) is 13.1. The molecule has 66 heavy (non-hydrogen) atoms. The summed E-state index contributed by atoms with van der Waals surface area (Å²) in [5.41, 5.74) is 0. The molecule has 0 aromatic heterocycles. The smallest absolute Gasteiger partial charge is 0.306 e. The monoisotopic (exact) mass is 913 g/mol. The summed E-state index contributed by atoms with van der Waals surface area (Å²) in [5.74, 6) is -1.02. The first kappa shape index (κ1) is 61.8. The average Bonchev–Trinajstić information content (AvgIpc) is 3.31. The molecule has 6 nitrogen and oxygen atoms in total. The van der Waals surface area contributed by atoms with Gasteiger partial charge in [0.15, 0.2) is 6.10 Å². The fraction of sp³-hybridized carbons (Fsp3) is 0.617. The predicted octanol–water partition coefficient (Wildman–Crippen LogP) is 17.7. The Morgan fingerprint density at radius 2 is 0.682 bits per heavy atom. The maximum Gasteiger partial charge on any atom is 0.306 e. The van der Waals surface area contributed by atoms with Crippen LogP contribution in [0.3, 0.4) is 0 Å². The summed E-state index contributed by atoms with van der Waals surface area (Å²) in [6.45, 7) is 6.29. The van der Waals surface area contributed by atoms with E-state index in [1.807, 2.05) is 0 Å². The number of hydrogen-bond acceptors (Lipinski definition) is 6. The highest BCUT2D eigenvalue weighted by atomic mass is 16.6. The Hall–Kier alpha value is -4.19. The maximum absolute atomic E-state index is 12.8. The average molecular weight is 913 g/mol. The van der Waals surface area contributed by atoms with Crippen molar-refractivity contribution in [3.63, 3.8) is 0 Å². The second kappa shape index (κ2) is 53.4. The molecule has 372 valence electrons. The molecule has 0 aromatic rings. The Balaban J connectivity index is 4.54. The molecule has 0 saturated carbocycles. The fourth-order valence-corrected chi connectivity index (χ4v) is 6.82. The van der Waals surface area contributed by atoms with Gasteiger partial charge in [0.1, 0.15) is 13.2 Å². The second-order valence-corrected chi connectivity index (χ2v) is 17.1. The van der Waals surface area contributed by atoms with Crippen LogP contribution < -0.4 is 0 Å². The molecule has 0 saturated heterocycles. The zero-order chi connectivity index (χ0) is 47.9. The van der Waals surface area contributed by atoms with Crippen LogP contribution in [0.15, 0.2) is 122 Å². The van der Waals surface area contributed by atoms with Gasteiger partial charge in [0, 0.05) is 19.3 Å². The molecule has 0 amide bonds. The lowest BCUT2D eigenvalue weighted by atomic mass is 10.1. The van der Waals surface area contributed by atoms with Gasteiger partial charge in [-0.25, -0.2) is 0 Å². The van der Waals surface area contributed by atoms with E-state index in [0.717, 1.165) is 122 Å². The summed E-state index contributed by atoms with van der Waals surface area (Å²) in [4.78, 5) is 38.0. The highest BCUT2D eigenvalue weighted by Crippen LogP contribution is 2.13. The molecule has 0 aromatic carbocycles. The van der Waals surface area contributed by atoms with Crippen molar-refractivity contribution in [1.29, 1.82) is 0 Å². The molecular formula is C60H96O6. The van der Waals surface area contributed by atoms with Gasteiger partial charge in [0.2, 0.25) is 0 Å². The van der Waals surface area contributed by atoms with E-state index in [1.54, 1.807) is 0 Å². The molecule has 0 fully saturated rings. The van der Waals surface area contributed by atoms with Crippen LogP contribution in [0.1, 0.15) is 220 Å². The molecule has 0 aliphatic rings. The summed E-state index contributed by atoms with van der Waals surface area (Å²) < 4.78 is 16.7. The van der Waals surface area contributed by atoms with E-state index in [-0.39, 0.29) is 37.5 Å². The van der Waals surface area contributed by atoms with Gasteiger partial charge >= 0.3 is 17.9 Å². The number of unbranched alkanes of at least 4 members (excludes halogenated alkanes) is 18. The number of ether oxygens (including phenoxy) is 3. The molecule has 0 bridgehead atoms. The molecule has 6 heteroatoms. The van der Waals surface area contributed by atoms with E-state index in [2.05, 4.69) is 142 Å². The van der Waals surface area contributed by atoms with Crippen molar-refractivity contribution in [2.24, 2.45) is 0 Å². The third-order valence-corrected chi connectivity index (χ3v) is 10.8. The number of esters is 3. The number of allylic oxidation sites excluding steroid dienone is 20. The Morgan fingerprint density at radius 3 is 1.14 bits per heavy atom. The third-order valence-electron chi connectivity index (χ3n) is 10.8. The fourth-order valence-electron chi connectivity index (χ4n) is 6.82. The standard InChI is InChI=1S/C60H96O6/c1-4-7-10-13-16-19-22-25-27-29-31-32-35-38-41-44-47-50-53-59(62)65-56-57(55-64-58(61)52-49-46-43-40-37-34-24-21-18-15-12-9-6-3)66-60(63)54-51-48-45-42-39-36-33-30-28-26-23-20-17-14-11-8-5-2/h8-9,11-12,15,17-18,20-21,24,26-29,31-33,36,42,45,57H,4-7,10,13-14,16,19,22-23,25,30,34-35,37-41,43-44,46-56H2,1-3H3/b11-8-,12-9-,18-15-,20-17-,24-21-,28-26-,29-27-,32-31-,36-33-,45-42-. The summed E-state index contributed by atoms with van der Waals surface area (Å²) in [6, 6.07) is 0. The Kier molecular flexibility index (Phi) is 50.0. The van der Waals surface area contributed by atoms with Crippen molar-refractivity contribution in [2.75, 3.05) is 13.2 Å². The van der Waals surface area contributed by atoms with E-state index < -0.39 is 6.10 Å². The van der Waals surface area contributed by atoms with Crippen molar-refractivity contribution < 1.29 is 28.6 Å². The summed E-state index contributed by atoms with van der Waals surface area (Å²) in [6.07, 6.45) is 73.3. The predicted molar refractivity (Wildman–Crippen MR) is 283 cm³/mol. The SMILES string of the molecule is CC\C=C/C=C\C=C/CCCCCCCC(=O)OCC(COC(=O)CCCCCCC/C=C\C=C/CCCCCCCCC)OC(=O)CCC/C=C\C/C=C\C/C=C\C/C=C\C/C=C\CC. The molecule has 0 rings (SSSR count). The van der Waals surface area contributed by atoms with Crippen LogP contribution >= 0.6 is 0 Å². The Bertz CT molecular complexity index is 1420.